The van der Waals surface area contributed by atoms with E-state index in [0.717, 1.165) is 96.5 Å². The van der Waals surface area contributed by atoms with Crippen molar-refractivity contribution in [3.8, 4) is 0 Å². The second kappa shape index (κ2) is 59.5. The maximum absolute atomic E-state index is 15.5. The minimum absolute atomic E-state index is 0.0573. The average molecular weight is 1650 g/mol. The van der Waals surface area contributed by atoms with E-state index in [4.69, 9.17) is 104 Å². The van der Waals surface area contributed by atoms with Crippen LogP contribution in [0.1, 0.15) is 147 Å². The van der Waals surface area contributed by atoms with Crippen molar-refractivity contribution in [2.75, 3.05) is 273 Å². The molecule has 0 saturated heterocycles. The third-order valence-corrected chi connectivity index (χ3v) is 20.3. The van der Waals surface area contributed by atoms with Gasteiger partial charge in [0.1, 0.15) is 0 Å². The average Bonchev–Trinajstić information content (AvgIpc) is 0.690. The van der Waals surface area contributed by atoms with E-state index in [0.29, 0.717) is 218 Å². The number of benzene rings is 5. The zero-order valence-electron chi connectivity index (χ0n) is 72.0. The van der Waals surface area contributed by atoms with Gasteiger partial charge in [0.15, 0.2) is 0 Å². The highest BCUT2D eigenvalue weighted by atomic mass is 16.6. The van der Waals surface area contributed by atoms with Gasteiger partial charge in [-0.2, -0.15) is 0 Å². The Bertz CT molecular complexity index is 3240. The Balaban J connectivity index is 1.11. The number of methoxy groups -OCH3 is 4. The Hall–Kier alpha value is -5.20. The van der Waals surface area contributed by atoms with E-state index in [2.05, 4.69) is 13.8 Å². The van der Waals surface area contributed by atoms with E-state index in [9.17, 15) is 9.59 Å². The SMILES string of the molecule is CCCCCCC(CCCCCC)N1C(=O)c2ccc3c4ccc5c6c(ccc(c7ccc(c2c37)C1=O)c64)C(=O)N(CC(COCC(CO[C@@H](C)COCCOCCOCCOC)CO[C@@H](C)COCCOCCOCCOC)COCC(CO[C@@H](C)COCCOCCOCCOC)CO[C@@H](C)COCCOCCOCCOC)C5=O. The minimum Gasteiger partial charge on any atom is -0.382 e. The Morgan fingerprint density at radius 1 is 0.265 bits per heavy atom. The maximum atomic E-state index is 15.5. The summed E-state index contributed by atoms with van der Waals surface area (Å²) in [6, 6.07) is 15.0. The summed E-state index contributed by atoms with van der Waals surface area (Å²) in [5.74, 6) is -2.56. The van der Waals surface area contributed by atoms with Crippen LogP contribution >= 0.6 is 0 Å². The van der Waals surface area contributed by atoms with Gasteiger partial charge in [0.25, 0.3) is 23.6 Å². The Morgan fingerprint density at radius 2 is 0.521 bits per heavy atom. The first kappa shape index (κ1) is 98.9. The van der Waals surface area contributed by atoms with Crippen molar-refractivity contribution in [3.05, 3.63) is 70.8 Å². The fourth-order valence-electron chi connectivity index (χ4n) is 14.1. The number of carbonyl (C=O) groups is 4. The second-order valence-corrected chi connectivity index (χ2v) is 30.1. The fourth-order valence-corrected chi connectivity index (χ4v) is 14.1. The standard InChI is InChI=1S/C89H140N2O26/c1-11-13-15-17-19-73(20-18-16-14-12-2)91-88(94)80-27-23-76-74-21-25-78-84-79(26-22-75(82(74)84)77-24-28-81(89(91)95)85(80)83(76)77)87(93)90(86(78)92)53-70(58-112-60-71(62-114-66(3)54-108-49-45-104-41-37-100-33-29-96-7)63-115-67(4)55-109-50-46-105-42-38-101-34-30-97-8)59-113-61-72(64-116-68(5)56-110-51-47-106-43-39-102-35-31-98-9)65-117-69(6)57-111-52-48-107-44-40-103-36-32-99-10/h21-28,66-73H,11-20,29-65H2,1-10H3/t66-,67-,68-,69-/m0/s1. The molecule has 5 aromatic carbocycles. The first-order valence-electron chi connectivity index (χ1n) is 42.7. The lowest BCUT2D eigenvalue weighted by atomic mass is 9.82. The number of imide groups is 2. The third kappa shape index (κ3) is 34.6. The number of ether oxygens (including phenoxy) is 22. The molecular weight excluding hydrogens is 1510 g/mol. The van der Waals surface area contributed by atoms with E-state index >= 15 is 9.59 Å². The summed E-state index contributed by atoms with van der Waals surface area (Å²) < 4.78 is 128. The molecule has 4 amide bonds. The number of hydrogen-bond donors (Lipinski definition) is 0. The largest absolute Gasteiger partial charge is 0.382 e. The predicted octanol–water partition coefficient (Wildman–Crippen LogP) is 11.5. The van der Waals surface area contributed by atoms with Crippen molar-refractivity contribution < 1.29 is 123 Å². The molecule has 2 aliphatic heterocycles. The first-order chi connectivity index (χ1) is 57.3. The van der Waals surface area contributed by atoms with Crippen LogP contribution in [0.5, 0.6) is 0 Å². The normalized spacial score (nSPS) is 14.4. The summed E-state index contributed by atoms with van der Waals surface area (Å²) in [7, 11) is 6.53. The van der Waals surface area contributed by atoms with Crippen LogP contribution in [-0.4, -0.2) is 337 Å². The number of fused-ring (bicyclic) bond motifs is 2. The zero-order valence-corrected chi connectivity index (χ0v) is 72.0. The van der Waals surface area contributed by atoms with Gasteiger partial charge < -0.3 is 104 Å². The highest BCUT2D eigenvalue weighted by Gasteiger charge is 2.40. The summed E-state index contributed by atoms with van der Waals surface area (Å²) in [4.78, 5) is 63.7. The Morgan fingerprint density at radius 3 is 0.795 bits per heavy atom. The van der Waals surface area contributed by atoms with Gasteiger partial charge in [-0.05, 0) is 97.1 Å². The lowest BCUT2D eigenvalue weighted by Crippen LogP contribution is -2.47. The van der Waals surface area contributed by atoms with E-state index in [1.54, 1.807) is 45.5 Å². The van der Waals surface area contributed by atoms with Gasteiger partial charge in [0, 0.05) is 91.8 Å². The molecule has 2 aliphatic rings. The van der Waals surface area contributed by atoms with Crippen LogP contribution in [-0.2, 0) is 104 Å². The molecule has 0 spiro atoms. The lowest BCUT2D eigenvalue weighted by molar-refractivity contribution is -0.0861. The molecule has 0 saturated carbocycles. The highest BCUT2D eigenvalue weighted by Crippen LogP contribution is 2.47. The maximum Gasteiger partial charge on any atom is 0.261 e. The van der Waals surface area contributed by atoms with Gasteiger partial charge in [-0.1, -0.05) is 89.5 Å². The number of nitrogens with zero attached hydrogens (tertiary/aromatic N) is 2. The van der Waals surface area contributed by atoms with Gasteiger partial charge in [-0.3, -0.25) is 29.0 Å². The molecule has 5 aromatic rings. The molecule has 28 nitrogen and oxygen atoms in total. The molecule has 0 aromatic heterocycles. The molecule has 0 unspecified atom stereocenters. The van der Waals surface area contributed by atoms with Crippen LogP contribution in [0.2, 0.25) is 0 Å². The molecule has 28 heteroatoms. The van der Waals surface area contributed by atoms with Gasteiger partial charge in [-0.25, -0.2) is 0 Å². The van der Waals surface area contributed by atoms with Crippen molar-refractivity contribution in [1.82, 2.24) is 9.80 Å². The fraction of sp³-hybridized carbons (Fsp3) is 0.730. The van der Waals surface area contributed by atoms with Crippen molar-refractivity contribution in [2.45, 2.75) is 136 Å². The Labute approximate surface area is 694 Å². The van der Waals surface area contributed by atoms with Crippen LogP contribution in [0.25, 0.3) is 43.1 Å². The zero-order chi connectivity index (χ0) is 83.5. The molecule has 662 valence electrons. The summed E-state index contributed by atoms with van der Waals surface area (Å²) in [6.45, 7) is 25.6. The smallest absolute Gasteiger partial charge is 0.261 e. The van der Waals surface area contributed by atoms with Crippen LogP contribution in [0, 0.1) is 17.8 Å². The molecule has 0 fully saturated rings. The summed E-state index contributed by atoms with van der Waals surface area (Å²) >= 11 is 0. The molecule has 0 aliphatic carbocycles. The molecule has 7 rings (SSSR count). The molecule has 117 heavy (non-hydrogen) atoms. The van der Waals surface area contributed by atoms with Crippen LogP contribution in [0.4, 0.5) is 0 Å². The van der Waals surface area contributed by atoms with Crippen LogP contribution < -0.4 is 0 Å². The van der Waals surface area contributed by atoms with Gasteiger partial charge in [-0.15, -0.1) is 0 Å². The minimum atomic E-state index is -0.557. The number of rotatable bonds is 77. The molecule has 0 bridgehead atoms. The monoisotopic (exact) mass is 1650 g/mol. The molecule has 0 N–H and O–H groups in total. The highest BCUT2D eigenvalue weighted by molar-refractivity contribution is 6.41. The van der Waals surface area contributed by atoms with E-state index in [-0.39, 0.29) is 114 Å². The molecule has 2 heterocycles. The molecule has 4 atom stereocenters. The van der Waals surface area contributed by atoms with E-state index in [1.807, 2.05) is 64.1 Å². The summed E-state index contributed by atoms with van der Waals surface area (Å²) in [5.41, 5.74) is 1.77. The number of carbonyl (C=O) groups excluding carboxylic acids is 4. The lowest BCUT2D eigenvalue weighted by Gasteiger charge is -2.35. The second-order valence-electron chi connectivity index (χ2n) is 30.1. The third-order valence-electron chi connectivity index (χ3n) is 20.3. The van der Waals surface area contributed by atoms with Crippen molar-refractivity contribution in [2.24, 2.45) is 17.8 Å². The quantitative estimate of drug-likeness (QED) is 0.0151. The van der Waals surface area contributed by atoms with Crippen molar-refractivity contribution in [3.63, 3.8) is 0 Å². The van der Waals surface area contributed by atoms with Gasteiger partial charge in [0.05, 0.1) is 262 Å². The topological polar surface area (TPSA) is 278 Å². The van der Waals surface area contributed by atoms with Gasteiger partial charge >= 0.3 is 0 Å². The van der Waals surface area contributed by atoms with Crippen molar-refractivity contribution >= 4 is 66.7 Å². The van der Waals surface area contributed by atoms with E-state index < -0.39 is 17.7 Å². The first-order valence-corrected chi connectivity index (χ1v) is 42.7. The molecular formula is C89H140N2O26. The summed E-state index contributed by atoms with van der Waals surface area (Å²) in [5, 5.41) is 6.04. The molecule has 0 radical (unpaired) electrons. The van der Waals surface area contributed by atoms with Gasteiger partial charge in [0.2, 0.25) is 0 Å². The number of hydrogen-bond acceptors (Lipinski definition) is 26. The van der Waals surface area contributed by atoms with Crippen molar-refractivity contribution in [1.29, 1.82) is 0 Å². The summed E-state index contributed by atoms with van der Waals surface area (Å²) in [6.07, 6.45) is 8.77. The van der Waals surface area contributed by atoms with Crippen LogP contribution in [0.3, 0.4) is 0 Å². The number of unbranched alkanes of at least 4 members (excludes halogenated alkanes) is 6. The van der Waals surface area contributed by atoms with E-state index in [1.165, 1.54) is 4.90 Å². The number of amides is 4. The Kier molecular flexibility index (Phi) is 50.3. The van der Waals surface area contributed by atoms with Crippen LogP contribution in [0.15, 0.2) is 48.5 Å². The predicted molar refractivity (Wildman–Crippen MR) is 446 cm³/mol.